The van der Waals surface area contributed by atoms with Crippen LogP contribution in [0.1, 0.15) is 57.5 Å². The van der Waals surface area contributed by atoms with Gasteiger partial charge in [0.15, 0.2) is 0 Å². The second-order valence-corrected chi connectivity index (χ2v) is 5.84. The Balaban J connectivity index is 2.23. The molecule has 0 heterocycles. The number of carboxylic acids is 1. The van der Waals surface area contributed by atoms with E-state index in [4.69, 9.17) is 5.73 Å². The molecule has 1 fully saturated rings. The van der Waals surface area contributed by atoms with Crippen LogP contribution in [0.2, 0.25) is 0 Å². The lowest BCUT2D eigenvalue weighted by Gasteiger charge is -2.27. The standard InChI is InChI=1S/C16H22N2O3/c1-9-3-4-10(2)14(16(20)21)13(9)15(19)18-12-7-5-11(17)6-8-12/h3-4,11-12H,5-8,17H2,1-2H3,(H,18,19)(H,20,21). The third kappa shape index (κ3) is 3.42. The molecule has 1 aromatic carbocycles. The first-order chi connectivity index (χ1) is 9.90. The van der Waals surface area contributed by atoms with Gasteiger partial charge in [0.1, 0.15) is 0 Å². The van der Waals surface area contributed by atoms with Crippen molar-refractivity contribution in [2.45, 2.75) is 51.6 Å². The molecule has 0 radical (unpaired) electrons. The summed E-state index contributed by atoms with van der Waals surface area (Å²) in [6.07, 6.45) is 3.48. The van der Waals surface area contributed by atoms with E-state index in [0.29, 0.717) is 11.1 Å². The van der Waals surface area contributed by atoms with Gasteiger partial charge in [-0.1, -0.05) is 12.1 Å². The molecular weight excluding hydrogens is 268 g/mol. The zero-order chi connectivity index (χ0) is 15.6. The van der Waals surface area contributed by atoms with Crippen LogP contribution in [-0.2, 0) is 0 Å². The Morgan fingerprint density at radius 1 is 1.10 bits per heavy atom. The quantitative estimate of drug-likeness (QED) is 0.794. The van der Waals surface area contributed by atoms with Crippen molar-refractivity contribution in [1.82, 2.24) is 5.32 Å². The summed E-state index contributed by atoms with van der Waals surface area (Å²) in [6.45, 7) is 3.47. The topological polar surface area (TPSA) is 92.4 Å². The predicted octanol–water partition coefficient (Wildman–Crippen LogP) is 2.00. The Bertz CT molecular complexity index is 561. The molecule has 0 bridgehead atoms. The highest BCUT2D eigenvalue weighted by Crippen LogP contribution is 2.21. The second-order valence-electron chi connectivity index (χ2n) is 5.84. The molecule has 1 aliphatic carbocycles. The summed E-state index contributed by atoms with van der Waals surface area (Å²) in [4.78, 5) is 23.9. The molecule has 0 aliphatic heterocycles. The average Bonchev–Trinajstić information content (AvgIpc) is 2.43. The van der Waals surface area contributed by atoms with Crippen LogP contribution in [0.5, 0.6) is 0 Å². The Morgan fingerprint density at radius 2 is 1.62 bits per heavy atom. The van der Waals surface area contributed by atoms with Gasteiger partial charge in [-0.15, -0.1) is 0 Å². The van der Waals surface area contributed by atoms with Gasteiger partial charge in [-0.25, -0.2) is 4.79 Å². The molecule has 0 aromatic heterocycles. The molecule has 1 amide bonds. The zero-order valence-corrected chi connectivity index (χ0v) is 12.5. The van der Waals surface area contributed by atoms with Gasteiger partial charge in [-0.05, 0) is 50.7 Å². The molecule has 5 heteroatoms. The van der Waals surface area contributed by atoms with Crippen LogP contribution in [0.15, 0.2) is 12.1 Å². The van der Waals surface area contributed by atoms with Gasteiger partial charge in [0, 0.05) is 12.1 Å². The van der Waals surface area contributed by atoms with Crippen LogP contribution in [0.25, 0.3) is 0 Å². The van der Waals surface area contributed by atoms with Crippen LogP contribution in [0.3, 0.4) is 0 Å². The number of carbonyl (C=O) groups excluding carboxylic acids is 1. The lowest BCUT2D eigenvalue weighted by molar-refractivity contribution is 0.0689. The second kappa shape index (κ2) is 6.26. The molecule has 0 unspecified atom stereocenters. The molecule has 1 aromatic rings. The Labute approximate surface area is 124 Å². The fourth-order valence-electron chi connectivity index (χ4n) is 2.90. The smallest absolute Gasteiger partial charge is 0.336 e. The van der Waals surface area contributed by atoms with Gasteiger partial charge < -0.3 is 16.2 Å². The summed E-state index contributed by atoms with van der Waals surface area (Å²) in [6, 6.07) is 3.81. The molecule has 21 heavy (non-hydrogen) atoms. The number of carboxylic acid groups (broad SMARTS) is 1. The van der Waals surface area contributed by atoms with E-state index in [2.05, 4.69) is 5.32 Å². The predicted molar refractivity (Wildman–Crippen MR) is 80.6 cm³/mol. The third-order valence-corrected chi connectivity index (χ3v) is 4.17. The van der Waals surface area contributed by atoms with E-state index in [9.17, 15) is 14.7 Å². The van der Waals surface area contributed by atoms with E-state index in [1.807, 2.05) is 0 Å². The first-order valence-electron chi connectivity index (χ1n) is 7.30. The maximum atomic E-state index is 12.5. The van der Waals surface area contributed by atoms with Gasteiger partial charge in [-0.2, -0.15) is 0 Å². The molecule has 2 rings (SSSR count). The van der Waals surface area contributed by atoms with E-state index in [-0.39, 0.29) is 29.1 Å². The van der Waals surface area contributed by atoms with Gasteiger partial charge in [0.2, 0.25) is 0 Å². The van der Waals surface area contributed by atoms with Crippen molar-refractivity contribution in [1.29, 1.82) is 0 Å². The summed E-state index contributed by atoms with van der Waals surface area (Å²) in [5.74, 6) is -1.36. The number of amides is 1. The summed E-state index contributed by atoms with van der Waals surface area (Å²) in [7, 11) is 0. The number of carbonyl (C=O) groups is 2. The Kier molecular flexibility index (Phi) is 4.63. The van der Waals surface area contributed by atoms with Crippen LogP contribution >= 0.6 is 0 Å². The van der Waals surface area contributed by atoms with Crippen molar-refractivity contribution < 1.29 is 14.7 Å². The monoisotopic (exact) mass is 290 g/mol. The number of rotatable bonds is 3. The average molecular weight is 290 g/mol. The molecule has 1 saturated carbocycles. The van der Waals surface area contributed by atoms with E-state index < -0.39 is 5.97 Å². The van der Waals surface area contributed by atoms with Gasteiger partial charge in [0.05, 0.1) is 11.1 Å². The zero-order valence-electron chi connectivity index (χ0n) is 12.5. The molecule has 0 saturated heterocycles. The summed E-state index contributed by atoms with van der Waals surface area (Å²) in [5, 5.41) is 12.3. The number of nitrogens with two attached hydrogens (primary N) is 1. The first kappa shape index (κ1) is 15.5. The molecule has 0 atom stereocenters. The van der Waals surface area contributed by atoms with Gasteiger partial charge in [-0.3, -0.25) is 4.79 Å². The van der Waals surface area contributed by atoms with Crippen molar-refractivity contribution in [3.05, 3.63) is 34.4 Å². The van der Waals surface area contributed by atoms with Crippen LogP contribution in [0.4, 0.5) is 0 Å². The van der Waals surface area contributed by atoms with Gasteiger partial charge in [0.25, 0.3) is 5.91 Å². The van der Waals surface area contributed by atoms with E-state index in [0.717, 1.165) is 25.7 Å². The molecular formula is C16H22N2O3. The maximum Gasteiger partial charge on any atom is 0.336 e. The number of nitrogens with one attached hydrogen (secondary N) is 1. The highest BCUT2D eigenvalue weighted by molar-refractivity contribution is 6.06. The molecule has 0 spiro atoms. The largest absolute Gasteiger partial charge is 0.478 e. The highest BCUT2D eigenvalue weighted by Gasteiger charge is 2.25. The maximum absolute atomic E-state index is 12.5. The fourth-order valence-corrected chi connectivity index (χ4v) is 2.90. The van der Waals surface area contributed by atoms with Crippen molar-refractivity contribution in [3.63, 3.8) is 0 Å². The Morgan fingerprint density at radius 3 is 2.14 bits per heavy atom. The Hall–Kier alpha value is -1.88. The van der Waals surface area contributed by atoms with Crippen molar-refractivity contribution in [3.8, 4) is 0 Å². The normalized spacial score (nSPS) is 21.9. The summed E-state index contributed by atoms with van der Waals surface area (Å²) < 4.78 is 0. The van der Waals surface area contributed by atoms with E-state index in [1.165, 1.54) is 0 Å². The summed E-state index contributed by atoms with van der Waals surface area (Å²) >= 11 is 0. The van der Waals surface area contributed by atoms with E-state index in [1.54, 1.807) is 26.0 Å². The first-order valence-corrected chi connectivity index (χ1v) is 7.30. The van der Waals surface area contributed by atoms with Crippen LogP contribution in [0, 0.1) is 13.8 Å². The lowest BCUT2D eigenvalue weighted by atomic mass is 9.91. The SMILES string of the molecule is Cc1ccc(C)c(C(=O)NC2CCC(N)CC2)c1C(=O)O. The molecule has 1 aliphatic rings. The number of hydrogen-bond acceptors (Lipinski definition) is 3. The van der Waals surface area contributed by atoms with E-state index >= 15 is 0 Å². The highest BCUT2D eigenvalue weighted by atomic mass is 16.4. The fraction of sp³-hybridized carbons (Fsp3) is 0.500. The molecule has 5 nitrogen and oxygen atoms in total. The van der Waals surface area contributed by atoms with Crippen LogP contribution < -0.4 is 11.1 Å². The van der Waals surface area contributed by atoms with Crippen molar-refractivity contribution >= 4 is 11.9 Å². The minimum atomic E-state index is -1.06. The molecule has 114 valence electrons. The third-order valence-electron chi connectivity index (χ3n) is 4.17. The van der Waals surface area contributed by atoms with Crippen LogP contribution in [-0.4, -0.2) is 29.1 Å². The lowest BCUT2D eigenvalue weighted by Crippen LogP contribution is -2.41. The minimum Gasteiger partial charge on any atom is -0.478 e. The summed E-state index contributed by atoms with van der Waals surface area (Å²) in [5.41, 5.74) is 7.51. The van der Waals surface area contributed by atoms with Crippen molar-refractivity contribution in [2.75, 3.05) is 0 Å². The number of hydrogen-bond donors (Lipinski definition) is 3. The number of aromatic carboxylic acids is 1. The van der Waals surface area contributed by atoms with Gasteiger partial charge >= 0.3 is 5.97 Å². The molecule has 4 N–H and O–H groups in total. The van der Waals surface area contributed by atoms with Crippen molar-refractivity contribution in [2.24, 2.45) is 5.73 Å². The minimum absolute atomic E-state index is 0.0823. The number of aryl methyl sites for hydroxylation is 2. The number of benzene rings is 1.